The molecule has 0 spiro atoms. The van der Waals surface area contributed by atoms with Gasteiger partial charge in [0.2, 0.25) is 10.0 Å². The minimum Gasteiger partial charge on any atom is -0.329 e. The molecule has 0 aliphatic carbocycles. The van der Waals surface area contributed by atoms with Gasteiger partial charge in [0, 0.05) is 23.7 Å². The van der Waals surface area contributed by atoms with Gasteiger partial charge in [-0.05, 0) is 37.5 Å². The molecule has 0 atom stereocenters. The molecule has 3 N–H and O–H groups in total. The highest BCUT2D eigenvalue weighted by Gasteiger charge is 2.31. The van der Waals surface area contributed by atoms with Gasteiger partial charge in [0.1, 0.15) is 4.90 Å². The van der Waals surface area contributed by atoms with Crippen molar-refractivity contribution >= 4 is 33.3 Å². The first-order valence-corrected chi connectivity index (χ1v) is 8.95. The van der Waals surface area contributed by atoms with Crippen molar-refractivity contribution in [3.05, 3.63) is 36.0 Å². The molecule has 2 aromatic rings. The third-order valence-electron chi connectivity index (χ3n) is 4.20. The summed E-state index contributed by atoms with van der Waals surface area (Å²) in [5.74, 6) is 0. The number of rotatable bonds is 6. The summed E-state index contributed by atoms with van der Waals surface area (Å²) in [7, 11) is -3.69. The number of para-hydroxylation sites is 1. The topological polar surface area (TPSA) is 85.1 Å². The van der Waals surface area contributed by atoms with Crippen LogP contribution in [0.15, 0.2) is 35.4 Å². The molecule has 1 aromatic heterocycles. The normalized spacial score (nSPS) is 12.2. The molecule has 128 valence electrons. The fourth-order valence-corrected chi connectivity index (χ4v) is 4.26. The number of sulfonamides is 1. The third-order valence-corrected chi connectivity index (χ3v) is 5.81. The van der Waals surface area contributed by atoms with E-state index >= 15 is 0 Å². The van der Waals surface area contributed by atoms with Crippen LogP contribution in [-0.2, 0) is 10.0 Å². The Hall–Kier alpha value is -1.21. The predicted molar refractivity (Wildman–Crippen MR) is 96.4 cm³/mol. The van der Waals surface area contributed by atoms with Gasteiger partial charge in [0.15, 0.2) is 0 Å². The van der Waals surface area contributed by atoms with Gasteiger partial charge in [-0.15, -0.1) is 12.4 Å². The number of aryl methyl sites for hydroxylation is 1. The zero-order valence-electron chi connectivity index (χ0n) is 13.7. The molecule has 0 aliphatic rings. The number of halogens is 1. The van der Waals surface area contributed by atoms with E-state index in [0.717, 1.165) is 10.9 Å². The van der Waals surface area contributed by atoms with Crippen LogP contribution >= 0.6 is 12.4 Å². The molecular weight excluding hydrogens is 334 g/mol. The summed E-state index contributed by atoms with van der Waals surface area (Å²) < 4.78 is 28.4. The Kier molecular flexibility index (Phi) is 6.53. The molecule has 1 heterocycles. The van der Waals surface area contributed by atoms with Crippen molar-refractivity contribution in [2.45, 2.75) is 44.0 Å². The minimum atomic E-state index is -3.69. The van der Waals surface area contributed by atoms with Gasteiger partial charge >= 0.3 is 0 Å². The number of hydrogen-bond acceptors (Lipinski definition) is 4. The Morgan fingerprint density at radius 3 is 2.48 bits per heavy atom. The van der Waals surface area contributed by atoms with Crippen LogP contribution in [0.1, 0.15) is 32.3 Å². The maximum atomic E-state index is 12.8. The van der Waals surface area contributed by atoms with Gasteiger partial charge in [-0.25, -0.2) is 13.1 Å². The first-order chi connectivity index (χ1) is 10.4. The molecule has 23 heavy (non-hydrogen) atoms. The predicted octanol–water partition coefficient (Wildman–Crippen LogP) is 2.76. The van der Waals surface area contributed by atoms with Crippen LogP contribution in [0.5, 0.6) is 0 Å². The second-order valence-electron chi connectivity index (χ2n) is 5.64. The van der Waals surface area contributed by atoms with Crippen molar-refractivity contribution in [1.82, 2.24) is 9.71 Å². The molecule has 1 aromatic carbocycles. The molecule has 0 fully saturated rings. The lowest BCUT2D eigenvalue weighted by atomic mass is 9.95. The molecule has 2 rings (SSSR count). The first-order valence-electron chi connectivity index (χ1n) is 7.47. The number of benzene rings is 1. The van der Waals surface area contributed by atoms with Crippen molar-refractivity contribution in [1.29, 1.82) is 0 Å². The third kappa shape index (κ3) is 4.01. The highest BCUT2D eigenvalue weighted by molar-refractivity contribution is 7.89. The molecule has 0 bridgehead atoms. The van der Waals surface area contributed by atoms with Crippen LogP contribution < -0.4 is 10.5 Å². The lowest BCUT2D eigenvalue weighted by molar-refractivity contribution is 0.363. The van der Waals surface area contributed by atoms with Crippen LogP contribution in [0.3, 0.4) is 0 Å². The van der Waals surface area contributed by atoms with Crippen LogP contribution in [0.2, 0.25) is 0 Å². The zero-order chi connectivity index (χ0) is 16.4. The van der Waals surface area contributed by atoms with Crippen molar-refractivity contribution in [3.8, 4) is 0 Å². The maximum absolute atomic E-state index is 12.8. The van der Waals surface area contributed by atoms with Crippen molar-refractivity contribution in [3.63, 3.8) is 0 Å². The molecule has 0 saturated carbocycles. The Labute approximate surface area is 144 Å². The molecule has 0 amide bonds. The average Bonchev–Trinajstić information content (AvgIpc) is 2.52. The van der Waals surface area contributed by atoms with Gasteiger partial charge in [-0.2, -0.15) is 0 Å². The molecule has 0 saturated heterocycles. The molecular formula is C16H24ClN3O2S. The van der Waals surface area contributed by atoms with E-state index < -0.39 is 15.6 Å². The standard InChI is InChI=1S/C16H23N3O2S.ClH/c1-4-16(5-2,11-17)19-22(20,21)14-8-6-7-13-9-12(3)10-18-15(13)14;/h6-10,19H,4-5,11,17H2,1-3H3;1H. The fourth-order valence-electron chi connectivity index (χ4n) is 2.52. The second-order valence-corrected chi connectivity index (χ2v) is 7.29. The largest absolute Gasteiger partial charge is 0.329 e. The quantitative estimate of drug-likeness (QED) is 0.832. The van der Waals surface area contributed by atoms with Gasteiger partial charge in [-0.3, -0.25) is 4.98 Å². The van der Waals surface area contributed by atoms with Gasteiger partial charge in [0.05, 0.1) is 5.52 Å². The van der Waals surface area contributed by atoms with E-state index in [0.29, 0.717) is 18.4 Å². The van der Waals surface area contributed by atoms with Gasteiger partial charge in [-0.1, -0.05) is 26.0 Å². The average molecular weight is 358 g/mol. The Morgan fingerprint density at radius 2 is 1.91 bits per heavy atom. The summed E-state index contributed by atoms with van der Waals surface area (Å²) >= 11 is 0. The highest BCUT2D eigenvalue weighted by Crippen LogP contribution is 2.24. The van der Waals surface area contributed by atoms with Crippen LogP contribution in [0, 0.1) is 6.92 Å². The SMILES string of the molecule is CCC(CC)(CN)NS(=O)(=O)c1cccc2cc(C)cnc12.Cl. The number of nitrogens with zero attached hydrogens (tertiary/aromatic N) is 1. The fraction of sp³-hybridized carbons (Fsp3) is 0.438. The number of nitrogens with one attached hydrogen (secondary N) is 1. The summed E-state index contributed by atoms with van der Waals surface area (Å²) in [5, 5.41) is 0.814. The smallest absolute Gasteiger partial charge is 0.243 e. The lowest BCUT2D eigenvalue weighted by Crippen LogP contribution is -2.52. The van der Waals surface area contributed by atoms with Gasteiger partial charge < -0.3 is 5.73 Å². The van der Waals surface area contributed by atoms with E-state index in [4.69, 9.17) is 5.73 Å². The van der Waals surface area contributed by atoms with Crippen LogP contribution in [0.25, 0.3) is 10.9 Å². The second kappa shape index (κ2) is 7.57. The monoisotopic (exact) mass is 357 g/mol. The van der Waals surface area contributed by atoms with Crippen LogP contribution in [0.4, 0.5) is 0 Å². The zero-order valence-corrected chi connectivity index (χ0v) is 15.3. The lowest BCUT2D eigenvalue weighted by Gasteiger charge is -2.31. The Balaban J connectivity index is 0.00000264. The molecule has 7 heteroatoms. The molecule has 0 unspecified atom stereocenters. The number of aromatic nitrogens is 1. The maximum Gasteiger partial charge on any atom is 0.243 e. The summed E-state index contributed by atoms with van der Waals surface area (Å²) in [6.45, 7) is 6.06. The van der Waals surface area contributed by atoms with E-state index in [1.54, 1.807) is 18.3 Å². The summed E-state index contributed by atoms with van der Waals surface area (Å²) in [6, 6.07) is 7.11. The number of pyridine rings is 1. The van der Waals surface area contributed by atoms with E-state index in [9.17, 15) is 8.42 Å². The van der Waals surface area contributed by atoms with Gasteiger partial charge in [0.25, 0.3) is 0 Å². The van der Waals surface area contributed by atoms with E-state index in [1.807, 2.05) is 32.9 Å². The van der Waals surface area contributed by atoms with Crippen LogP contribution in [-0.4, -0.2) is 25.5 Å². The Bertz CT molecular complexity index is 766. The van der Waals surface area contributed by atoms with Crippen molar-refractivity contribution in [2.24, 2.45) is 5.73 Å². The van der Waals surface area contributed by atoms with E-state index in [-0.39, 0.29) is 23.8 Å². The Morgan fingerprint density at radius 1 is 1.26 bits per heavy atom. The minimum absolute atomic E-state index is 0. The summed E-state index contributed by atoms with van der Waals surface area (Å²) in [6.07, 6.45) is 2.95. The molecule has 0 aliphatic heterocycles. The number of nitrogens with two attached hydrogens (primary N) is 1. The van der Waals surface area contributed by atoms with Crippen molar-refractivity contribution in [2.75, 3.05) is 6.54 Å². The summed E-state index contributed by atoms with van der Waals surface area (Å²) in [4.78, 5) is 4.50. The number of hydrogen-bond donors (Lipinski definition) is 2. The number of fused-ring (bicyclic) bond motifs is 1. The van der Waals surface area contributed by atoms with E-state index in [2.05, 4.69) is 9.71 Å². The summed E-state index contributed by atoms with van der Waals surface area (Å²) in [5.41, 5.74) is 6.66. The molecule has 5 nitrogen and oxygen atoms in total. The van der Waals surface area contributed by atoms with E-state index in [1.165, 1.54) is 0 Å². The molecule has 0 radical (unpaired) electrons. The highest BCUT2D eigenvalue weighted by atomic mass is 35.5. The van der Waals surface area contributed by atoms with Crippen molar-refractivity contribution < 1.29 is 8.42 Å². The first kappa shape index (κ1) is 19.8.